The summed E-state index contributed by atoms with van der Waals surface area (Å²) in [6, 6.07) is 13.4. The zero-order valence-electron chi connectivity index (χ0n) is 20.2. The van der Waals surface area contributed by atoms with Crippen LogP contribution >= 0.6 is 0 Å². The number of hydrogen-bond acceptors (Lipinski definition) is 5. The SMILES string of the molecule is CCOCCCN1C(=O)C(Nc2cc(C)cc(C)c2)=C(c2ccc(OCC(C)C)cc2)C1=O. The molecule has 33 heavy (non-hydrogen) atoms. The van der Waals surface area contributed by atoms with Crippen LogP contribution in [0, 0.1) is 19.8 Å². The highest BCUT2D eigenvalue weighted by molar-refractivity contribution is 6.36. The average molecular weight is 451 g/mol. The van der Waals surface area contributed by atoms with E-state index in [0.717, 1.165) is 22.6 Å². The van der Waals surface area contributed by atoms with Crippen LogP contribution in [0.15, 0.2) is 48.2 Å². The lowest BCUT2D eigenvalue weighted by atomic mass is 10.0. The Labute approximate surface area is 196 Å². The van der Waals surface area contributed by atoms with E-state index in [0.29, 0.717) is 55.5 Å². The van der Waals surface area contributed by atoms with Gasteiger partial charge in [-0.15, -0.1) is 0 Å². The monoisotopic (exact) mass is 450 g/mol. The predicted octanol–water partition coefficient (Wildman–Crippen LogP) is 4.96. The molecule has 2 aromatic carbocycles. The number of hydrogen-bond donors (Lipinski definition) is 1. The molecule has 0 fully saturated rings. The minimum Gasteiger partial charge on any atom is -0.493 e. The molecular formula is C27H34N2O4. The topological polar surface area (TPSA) is 67.9 Å². The summed E-state index contributed by atoms with van der Waals surface area (Å²) in [5.41, 5.74) is 4.31. The maximum atomic E-state index is 13.3. The molecule has 2 aromatic rings. The van der Waals surface area contributed by atoms with Gasteiger partial charge in [-0.25, -0.2) is 0 Å². The summed E-state index contributed by atoms with van der Waals surface area (Å²) in [6.07, 6.45) is 0.595. The fourth-order valence-corrected chi connectivity index (χ4v) is 3.80. The van der Waals surface area contributed by atoms with Crippen molar-refractivity contribution in [2.75, 3.05) is 31.7 Å². The summed E-state index contributed by atoms with van der Waals surface area (Å²) >= 11 is 0. The maximum Gasteiger partial charge on any atom is 0.278 e. The molecule has 0 saturated heterocycles. The molecule has 1 heterocycles. The van der Waals surface area contributed by atoms with E-state index in [1.807, 2.05) is 57.2 Å². The largest absolute Gasteiger partial charge is 0.493 e. The Morgan fingerprint density at radius 1 is 0.970 bits per heavy atom. The minimum absolute atomic E-state index is 0.292. The molecule has 1 aliphatic heterocycles. The van der Waals surface area contributed by atoms with E-state index in [-0.39, 0.29) is 11.8 Å². The molecule has 0 spiro atoms. The number of nitrogens with one attached hydrogen (secondary N) is 1. The Kier molecular flexibility index (Phi) is 8.28. The molecule has 0 saturated carbocycles. The number of rotatable bonds is 11. The van der Waals surface area contributed by atoms with Crippen molar-refractivity contribution in [3.63, 3.8) is 0 Å². The van der Waals surface area contributed by atoms with Crippen molar-refractivity contribution in [2.45, 2.75) is 41.0 Å². The molecule has 176 valence electrons. The molecule has 1 aliphatic rings. The smallest absolute Gasteiger partial charge is 0.278 e. The van der Waals surface area contributed by atoms with Crippen molar-refractivity contribution in [1.82, 2.24) is 4.90 Å². The molecule has 1 N–H and O–H groups in total. The van der Waals surface area contributed by atoms with Crippen molar-refractivity contribution in [2.24, 2.45) is 5.92 Å². The first-order chi connectivity index (χ1) is 15.8. The summed E-state index contributed by atoms with van der Waals surface area (Å²) in [6.45, 7) is 12.2. The highest BCUT2D eigenvalue weighted by atomic mass is 16.5. The van der Waals surface area contributed by atoms with E-state index in [2.05, 4.69) is 25.2 Å². The van der Waals surface area contributed by atoms with Crippen molar-refractivity contribution in [1.29, 1.82) is 0 Å². The van der Waals surface area contributed by atoms with Crippen molar-refractivity contribution >= 4 is 23.1 Å². The van der Waals surface area contributed by atoms with Gasteiger partial charge in [-0.3, -0.25) is 14.5 Å². The molecule has 3 rings (SSSR count). The molecule has 0 atom stereocenters. The maximum absolute atomic E-state index is 13.3. The van der Waals surface area contributed by atoms with E-state index in [1.165, 1.54) is 4.90 Å². The van der Waals surface area contributed by atoms with Crippen LogP contribution in [0.4, 0.5) is 5.69 Å². The number of imide groups is 1. The second-order valence-electron chi connectivity index (χ2n) is 8.79. The zero-order chi connectivity index (χ0) is 24.0. The molecule has 0 aliphatic carbocycles. The standard InChI is InChI=1S/C27H34N2O4/c1-6-32-13-7-12-29-26(30)24(21-8-10-23(11-9-21)33-17-18(2)3)25(27(29)31)28-22-15-19(4)14-20(5)16-22/h8-11,14-16,18,28H,6-7,12-13,17H2,1-5H3. The number of benzene rings is 2. The van der Waals surface area contributed by atoms with Gasteiger partial charge in [-0.1, -0.05) is 32.0 Å². The Bertz CT molecular complexity index is 1000. The molecule has 0 radical (unpaired) electrons. The van der Waals surface area contributed by atoms with Crippen LogP contribution in [0.25, 0.3) is 5.57 Å². The number of carbonyl (C=O) groups is 2. The van der Waals surface area contributed by atoms with Crippen LogP contribution in [-0.4, -0.2) is 43.1 Å². The third-order valence-electron chi connectivity index (χ3n) is 5.26. The fourth-order valence-electron chi connectivity index (χ4n) is 3.80. The summed E-state index contributed by atoms with van der Waals surface area (Å²) in [5.74, 6) is 0.549. The third-order valence-corrected chi connectivity index (χ3v) is 5.26. The van der Waals surface area contributed by atoms with E-state index in [1.54, 1.807) is 0 Å². The quantitative estimate of drug-likeness (QED) is 0.387. The highest BCUT2D eigenvalue weighted by Gasteiger charge is 2.38. The Morgan fingerprint density at radius 2 is 1.64 bits per heavy atom. The van der Waals surface area contributed by atoms with Gasteiger partial charge in [0.2, 0.25) is 0 Å². The van der Waals surface area contributed by atoms with Gasteiger partial charge in [0, 0.05) is 25.4 Å². The molecule has 0 unspecified atom stereocenters. The van der Waals surface area contributed by atoms with Gasteiger partial charge >= 0.3 is 0 Å². The van der Waals surface area contributed by atoms with Gasteiger partial charge < -0.3 is 14.8 Å². The minimum atomic E-state index is -0.314. The van der Waals surface area contributed by atoms with Gasteiger partial charge in [0.05, 0.1) is 12.2 Å². The van der Waals surface area contributed by atoms with Crippen molar-refractivity contribution in [3.8, 4) is 5.75 Å². The molecule has 0 aromatic heterocycles. The van der Waals surface area contributed by atoms with E-state index in [9.17, 15) is 9.59 Å². The van der Waals surface area contributed by atoms with Crippen LogP contribution in [0.2, 0.25) is 0 Å². The normalized spacial score (nSPS) is 13.9. The Hall–Kier alpha value is -3.12. The fraction of sp³-hybridized carbons (Fsp3) is 0.407. The number of nitrogens with zero attached hydrogens (tertiary/aromatic N) is 1. The first-order valence-corrected chi connectivity index (χ1v) is 11.6. The number of anilines is 1. The number of aryl methyl sites for hydroxylation is 2. The van der Waals surface area contributed by atoms with Gasteiger partial charge in [0.1, 0.15) is 11.4 Å². The van der Waals surface area contributed by atoms with Crippen molar-refractivity contribution < 1.29 is 19.1 Å². The lowest BCUT2D eigenvalue weighted by molar-refractivity contribution is -0.137. The first kappa shape index (κ1) is 24.5. The van der Waals surface area contributed by atoms with Gasteiger partial charge in [-0.2, -0.15) is 0 Å². The summed E-state index contributed by atoms with van der Waals surface area (Å²) in [7, 11) is 0. The van der Waals surface area contributed by atoms with Crippen LogP contribution in [0.1, 0.15) is 43.9 Å². The van der Waals surface area contributed by atoms with Crippen LogP contribution in [-0.2, 0) is 14.3 Å². The van der Waals surface area contributed by atoms with E-state index in [4.69, 9.17) is 9.47 Å². The molecule has 2 amide bonds. The Morgan fingerprint density at radius 3 is 2.24 bits per heavy atom. The number of carbonyl (C=O) groups excluding carboxylic acids is 2. The van der Waals surface area contributed by atoms with E-state index >= 15 is 0 Å². The summed E-state index contributed by atoms with van der Waals surface area (Å²) in [4.78, 5) is 28.0. The number of amides is 2. The average Bonchev–Trinajstić information content (AvgIpc) is 2.99. The van der Waals surface area contributed by atoms with Gasteiger partial charge in [0.15, 0.2) is 0 Å². The van der Waals surface area contributed by atoms with Crippen LogP contribution < -0.4 is 10.1 Å². The van der Waals surface area contributed by atoms with Gasteiger partial charge in [0.25, 0.3) is 11.8 Å². The zero-order valence-corrected chi connectivity index (χ0v) is 20.2. The number of ether oxygens (including phenoxy) is 2. The van der Waals surface area contributed by atoms with Crippen LogP contribution in [0.5, 0.6) is 5.75 Å². The lowest BCUT2D eigenvalue weighted by Gasteiger charge is -2.15. The summed E-state index contributed by atoms with van der Waals surface area (Å²) < 4.78 is 11.2. The Balaban J connectivity index is 1.92. The molecular weight excluding hydrogens is 416 g/mol. The van der Waals surface area contributed by atoms with Crippen molar-refractivity contribution in [3.05, 3.63) is 64.9 Å². The molecule has 0 bridgehead atoms. The van der Waals surface area contributed by atoms with Crippen LogP contribution in [0.3, 0.4) is 0 Å². The van der Waals surface area contributed by atoms with E-state index < -0.39 is 0 Å². The first-order valence-electron chi connectivity index (χ1n) is 11.6. The molecule has 6 nitrogen and oxygen atoms in total. The predicted molar refractivity (Wildman–Crippen MR) is 131 cm³/mol. The second-order valence-corrected chi connectivity index (χ2v) is 8.79. The van der Waals surface area contributed by atoms with Gasteiger partial charge in [-0.05, 0) is 74.1 Å². The summed E-state index contributed by atoms with van der Waals surface area (Å²) in [5, 5.41) is 3.24. The highest BCUT2D eigenvalue weighted by Crippen LogP contribution is 2.32. The third kappa shape index (κ3) is 6.23. The molecule has 6 heteroatoms. The second kappa shape index (κ2) is 11.1. The lowest BCUT2D eigenvalue weighted by Crippen LogP contribution is -2.34.